The van der Waals surface area contributed by atoms with E-state index in [0.29, 0.717) is 10.7 Å². The summed E-state index contributed by atoms with van der Waals surface area (Å²) in [6.07, 6.45) is 2.47. The average Bonchev–Trinajstić information content (AvgIpc) is 2.23. The molecule has 90 valence electrons. The zero-order chi connectivity index (χ0) is 12.3. The van der Waals surface area contributed by atoms with Gasteiger partial charge in [0, 0.05) is 13.8 Å². The van der Waals surface area contributed by atoms with E-state index in [1.165, 1.54) is 32.9 Å². The van der Waals surface area contributed by atoms with Crippen molar-refractivity contribution in [3.63, 3.8) is 0 Å². The number of halogens is 3. The van der Waals surface area contributed by atoms with Crippen molar-refractivity contribution in [1.29, 1.82) is 0 Å². The molecule has 16 heavy (non-hydrogen) atoms. The lowest BCUT2D eigenvalue weighted by Crippen LogP contribution is -2.04. The molecule has 2 atom stereocenters. The van der Waals surface area contributed by atoms with Crippen LogP contribution in [0.25, 0.3) is 0 Å². The summed E-state index contributed by atoms with van der Waals surface area (Å²) in [6, 6.07) is 4.39. The van der Waals surface area contributed by atoms with E-state index in [1.807, 2.05) is 0 Å². The maximum atomic E-state index is 3.81. The fourth-order valence-electron chi connectivity index (χ4n) is 1.78. The molecule has 0 aliphatic rings. The largest absolute Gasteiger partial charge is 0.0835 e. The second-order valence-corrected chi connectivity index (χ2v) is 6.99. The lowest BCUT2D eigenvalue weighted by molar-refractivity contribution is 0.517. The first-order chi connectivity index (χ1) is 7.47. The number of rotatable bonds is 4. The van der Waals surface area contributed by atoms with Gasteiger partial charge in [0.25, 0.3) is 0 Å². The van der Waals surface area contributed by atoms with Crippen molar-refractivity contribution in [2.45, 2.75) is 38.4 Å². The molecular formula is C13H17Br3. The molecular weight excluding hydrogens is 396 g/mol. The minimum absolute atomic E-state index is 0.415. The van der Waals surface area contributed by atoms with Crippen molar-refractivity contribution in [1.82, 2.24) is 0 Å². The third-order valence-electron chi connectivity index (χ3n) is 2.82. The van der Waals surface area contributed by atoms with E-state index in [4.69, 9.17) is 0 Å². The van der Waals surface area contributed by atoms with Crippen molar-refractivity contribution < 1.29 is 0 Å². The summed E-state index contributed by atoms with van der Waals surface area (Å²) in [6.45, 7) is 6.64. The average molecular weight is 413 g/mol. The van der Waals surface area contributed by atoms with Crippen molar-refractivity contribution >= 4 is 47.8 Å². The fourth-order valence-corrected chi connectivity index (χ4v) is 3.80. The molecule has 1 rings (SSSR count). The minimum atomic E-state index is 0.415. The first-order valence-corrected chi connectivity index (χ1v) is 8.07. The Labute approximate surface area is 124 Å². The lowest BCUT2D eigenvalue weighted by Gasteiger charge is -2.20. The Balaban J connectivity index is 2.99. The topological polar surface area (TPSA) is 0 Å². The van der Waals surface area contributed by atoms with Gasteiger partial charge in [0.2, 0.25) is 0 Å². The van der Waals surface area contributed by atoms with Crippen molar-refractivity contribution in [3.05, 3.63) is 32.2 Å². The molecule has 1 aromatic carbocycles. The molecule has 0 aliphatic heterocycles. The van der Waals surface area contributed by atoms with Crippen LogP contribution in [0.3, 0.4) is 0 Å². The summed E-state index contributed by atoms with van der Waals surface area (Å²) in [5.41, 5.74) is 2.59. The molecule has 0 saturated heterocycles. The zero-order valence-electron chi connectivity index (χ0n) is 9.86. The van der Waals surface area contributed by atoms with Gasteiger partial charge >= 0.3 is 0 Å². The summed E-state index contributed by atoms with van der Waals surface area (Å²) >= 11 is 11.1. The van der Waals surface area contributed by atoms with Gasteiger partial charge in [-0.05, 0) is 42.5 Å². The standard InChI is InChI=1S/C13H17Br3/c1-4-5-8(2)13(16)10-7-11(14)9(3)6-12(10)15/h6-8,13H,4-5H2,1-3H3. The second-order valence-electron chi connectivity index (χ2n) is 4.29. The van der Waals surface area contributed by atoms with Gasteiger partial charge in [-0.15, -0.1) is 0 Å². The molecule has 0 aromatic heterocycles. The quantitative estimate of drug-likeness (QED) is 0.502. The maximum Gasteiger partial charge on any atom is 0.0432 e. The highest BCUT2D eigenvalue weighted by molar-refractivity contribution is 9.11. The van der Waals surface area contributed by atoms with Gasteiger partial charge in [-0.25, -0.2) is 0 Å². The summed E-state index contributed by atoms with van der Waals surface area (Å²) < 4.78 is 2.37. The van der Waals surface area contributed by atoms with Gasteiger partial charge in [-0.1, -0.05) is 68.1 Å². The Morgan fingerprint density at radius 2 is 1.81 bits per heavy atom. The molecule has 0 heterocycles. The molecule has 0 saturated carbocycles. The molecule has 0 spiro atoms. The molecule has 0 amide bonds. The molecule has 0 radical (unpaired) electrons. The molecule has 0 nitrogen and oxygen atoms in total. The van der Waals surface area contributed by atoms with Crippen LogP contribution in [0.1, 0.15) is 42.6 Å². The first kappa shape index (κ1) is 14.7. The van der Waals surface area contributed by atoms with Crippen molar-refractivity contribution in [3.8, 4) is 0 Å². The van der Waals surface area contributed by atoms with Gasteiger partial charge < -0.3 is 0 Å². The van der Waals surface area contributed by atoms with Crippen LogP contribution in [-0.2, 0) is 0 Å². The van der Waals surface area contributed by atoms with E-state index in [-0.39, 0.29) is 0 Å². The Morgan fingerprint density at radius 3 is 2.38 bits per heavy atom. The summed E-state index contributed by atoms with van der Waals surface area (Å²) in [4.78, 5) is 0.415. The van der Waals surface area contributed by atoms with Gasteiger partial charge in [-0.2, -0.15) is 0 Å². The molecule has 0 fully saturated rings. The number of alkyl halides is 1. The van der Waals surface area contributed by atoms with Gasteiger partial charge in [0.1, 0.15) is 0 Å². The predicted octanol–water partition coefficient (Wildman–Crippen LogP) is 6.39. The Bertz CT molecular complexity index is 360. The summed E-state index contributed by atoms with van der Waals surface area (Å²) in [5, 5.41) is 0. The highest BCUT2D eigenvalue weighted by atomic mass is 79.9. The third kappa shape index (κ3) is 3.58. The molecule has 0 N–H and O–H groups in total. The fraction of sp³-hybridized carbons (Fsp3) is 0.538. The SMILES string of the molecule is CCCC(C)C(Br)c1cc(Br)c(C)cc1Br. The van der Waals surface area contributed by atoms with Gasteiger partial charge in [-0.3, -0.25) is 0 Å². The third-order valence-corrected chi connectivity index (χ3v) is 5.76. The van der Waals surface area contributed by atoms with E-state index in [1.54, 1.807) is 0 Å². The highest BCUT2D eigenvalue weighted by Crippen LogP contribution is 2.39. The van der Waals surface area contributed by atoms with E-state index in [9.17, 15) is 0 Å². The molecule has 3 heteroatoms. The van der Waals surface area contributed by atoms with Crippen LogP contribution in [0.15, 0.2) is 21.1 Å². The Hall–Kier alpha value is 0.660. The molecule has 0 bridgehead atoms. The van der Waals surface area contributed by atoms with E-state index < -0.39 is 0 Å². The smallest absolute Gasteiger partial charge is 0.0432 e. The van der Waals surface area contributed by atoms with E-state index in [2.05, 4.69) is 80.7 Å². The van der Waals surface area contributed by atoms with E-state index >= 15 is 0 Å². The monoisotopic (exact) mass is 410 g/mol. The lowest BCUT2D eigenvalue weighted by atomic mass is 9.96. The van der Waals surface area contributed by atoms with Crippen LogP contribution in [0.2, 0.25) is 0 Å². The van der Waals surface area contributed by atoms with Crippen LogP contribution < -0.4 is 0 Å². The van der Waals surface area contributed by atoms with Crippen LogP contribution in [0.4, 0.5) is 0 Å². The maximum absolute atomic E-state index is 3.81. The predicted molar refractivity (Wildman–Crippen MR) is 82.3 cm³/mol. The van der Waals surface area contributed by atoms with Crippen LogP contribution in [0.5, 0.6) is 0 Å². The van der Waals surface area contributed by atoms with Crippen LogP contribution >= 0.6 is 47.8 Å². The van der Waals surface area contributed by atoms with E-state index in [0.717, 1.165) is 0 Å². The summed E-state index contributed by atoms with van der Waals surface area (Å²) in [7, 11) is 0. The van der Waals surface area contributed by atoms with Crippen molar-refractivity contribution in [2.24, 2.45) is 5.92 Å². The number of benzene rings is 1. The normalized spacial score (nSPS) is 14.9. The number of hydrogen-bond donors (Lipinski definition) is 0. The van der Waals surface area contributed by atoms with Crippen LogP contribution in [-0.4, -0.2) is 0 Å². The number of hydrogen-bond acceptors (Lipinski definition) is 0. The molecule has 0 aliphatic carbocycles. The second kappa shape index (κ2) is 6.55. The van der Waals surface area contributed by atoms with Crippen molar-refractivity contribution in [2.75, 3.05) is 0 Å². The molecule has 1 aromatic rings. The Morgan fingerprint density at radius 1 is 1.19 bits per heavy atom. The zero-order valence-corrected chi connectivity index (χ0v) is 14.6. The van der Waals surface area contributed by atoms with Gasteiger partial charge in [0.15, 0.2) is 0 Å². The number of aryl methyl sites for hydroxylation is 1. The first-order valence-electron chi connectivity index (χ1n) is 5.57. The minimum Gasteiger partial charge on any atom is -0.0835 e. The summed E-state index contributed by atoms with van der Waals surface area (Å²) in [5.74, 6) is 0.649. The Kier molecular flexibility index (Phi) is 6.03. The molecule has 2 unspecified atom stereocenters. The van der Waals surface area contributed by atoms with Gasteiger partial charge in [0.05, 0.1) is 0 Å². The van der Waals surface area contributed by atoms with Crippen LogP contribution in [0, 0.1) is 12.8 Å². The highest BCUT2D eigenvalue weighted by Gasteiger charge is 2.18.